The number of hydrogen-bond donors (Lipinski definition) is 2. The van der Waals surface area contributed by atoms with Crippen LogP contribution in [0.2, 0.25) is 0 Å². The third-order valence-electron chi connectivity index (χ3n) is 2.37. The second-order valence-electron chi connectivity index (χ2n) is 3.75. The van der Waals surface area contributed by atoms with E-state index in [0.717, 1.165) is 0 Å². The predicted octanol–water partition coefficient (Wildman–Crippen LogP) is 1.82. The van der Waals surface area contributed by atoms with Crippen LogP contribution in [-0.2, 0) is 0 Å². The molecule has 0 heterocycles. The summed E-state index contributed by atoms with van der Waals surface area (Å²) in [5.41, 5.74) is 5.60. The molecule has 0 aliphatic heterocycles. The van der Waals surface area contributed by atoms with Crippen LogP contribution in [0.5, 0.6) is 0 Å². The van der Waals surface area contributed by atoms with Crippen molar-refractivity contribution in [3.05, 3.63) is 33.9 Å². The highest BCUT2D eigenvalue weighted by molar-refractivity contribution is 7.98. The third-order valence-corrected chi connectivity index (χ3v) is 3.15. The summed E-state index contributed by atoms with van der Waals surface area (Å²) in [7, 11) is 0. The van der Waals surface area contributed by atoms with Gasteiger partial charge in [0.2, 0.25) is 0 Å². The summed E-state index contributed by atoms with van der Waals surface area (Å²) < 4.78 is 0. The van der Waals surface area contributed by atoms with E-state index in [4.69, 9.17) is 5.73 Å². The lowest BCUT2D eigenvalue weighted by Gasteiger charge is -2.11. The summed E-state index contributed by atoms with van der Waals surface area (Å²) in [6.07, 6.45) is 1.75. The molecule has 8 heteroatoms. The zero-order chi connectivity index (χ0) is 13.7. The lowest BCUT2D eigenvalue weighted by atomic mass is 10.1. The molecule has 0 unspecified atom stereocenters. The molecule has 0 aliphatic rings. The minimum Gasteiger partial charge on any atom is -0.348 e. The van der Waals surface area contributed by atoms with Crippen LogP contribution in [-0.4, -0.2) is 29.7 Å². The van der Waals surface area contributed by atoms with E-state index in [1.165, 1.54) is 17.8 Å². The first-order chi connectivity index (χ1) is 8.49. The minimum absolute atomic E-state index is 0. The molecule has 1 aromatic carbocycles. The number of nitrogens with two attached hydrogens (primary N) is 1. The van der Waals surface area contributed by atoms with E-state index < -0.39 is 4.92 Å². The lowest BCUT2D eigenvalue weighted by molar-refractivity contribution is -0.387. The molecule has 0 aliphatic carbocycles. The molecule has 19 heavy (non-hydrogen) atoms. The van der Waals surface area contributed by atoms with Gasteiger partial charge in [0.05, 0.1) is 9.82 Å². The second kappa shape index (κ2) is 7.98. The van der Waals surface area contributed by atoms with Gasteiger partial charge in [-0.25, -0.2) is 0 Å². The highest BCUT2D eigenvalue weighted by Gasteiger charge is 2.17. The van der Waals surface area contributed by atoms with Crippen molar-refractivity contribution in [2.75, 3.05) is 12.8 Å². The average molecular weight is 306 g/mol. The van der Waals surface area contributed by atoms with Gasteiger partial charge >= 0.3 is 0 Å². The Hall–Kier alpha value is -1.31. The minimum atomic E-state index is -0.491. The van der Waals surface area contributed by atoms with E-state index >= 15 is 0 Å². The summed E-state index contributed by atoms with van der Waals surface area (Å²) in [4.78, 5) is 22.7. The maximum atomic E-state index is 11.8. The summed E-state index contributed by atoms with van der Waals surface area (Å²) in [6.45, 7) is 2.08. The maximum absolute atomic E-state index is 11.8. The monoisotopic (exact) mass is 305 g/mol. The van der Waals surface area contributed by atoms with Crippen molar-refractivity contribution >= 4 is 35.8 Å². The number of thioether (sulfide) groups is 1. The van der Waals surface area contributed by atoms with Crippen LogP contribution in [0.15, 0.2) is 23.1 Å². The van der Waals surface area contributed by atoms with Crippen molar-refractivity contribution in [1.82, 2.24) is 5.32 Å². The Bertz CT molecular complexity index is 470. The number of halogens is 1. The quantitative estimate of drug-likeness (QED) is 0.491. The fourth-order valence-corrected chi connectivity index (χ4v) is 1.89. The first kappa shape index (κ1) is 17.7. The van der Waals surface area contributed by atoms with Gasteiger partial charge in [-0.15, -0.1) is 24.2 Å². The summed E-state index contributed by atoms with van der Waals surface area (Å²) >= 11 is 1.27. The molecule has 106 valence electrons. The molecule has 1 aromatic rings. The molecule has 0 radical (unpaired) electrons. The smallest absolute Gasteiger partial charge is 0.283 e. The van der Waals surface area contributed by atoms with Gasteiger partial charge < -0.3 is 11.1 Å². The number of hydrogen-bond acceptors (Lipinski definition) is 5. The first-order valence-electron chi connectivity index (χ1n) is 5.33. The van der Waals surface area contributed by atoms with E-state index in [-0.39, 0.29) is 35.6 Å². The summed E-state index contributed by atoms with van der Waals surface area (Å²) in [5.74, 6) is -0.358. The second-order valence-corrected chi connectivity index (χ2v) is 4.60. The average Bonchev–Trinajstić information content (AvgIpc) is 2.37. The van der Waals surface area contributed by atoms with Gasteiger partial charge in [-0.05, 0) is 25.3 Å². The van der Waals surface area contributed by atoms with Crippen LogP contribution in [0.4, 0.5) is 5.69 Å². The zero-order valence-electron chi connectivity index (χ0n) is 10.6. The first-order valence-corrected chi connectivity index (χ1v) is 6.55. The van der Waals surface area contributed by atoms with Crippen LogP contribution in [0.1, 0.15) is 17.3 Å². The SMILES string of the molecule is CSc1ccc(C(=O)N[C@@H](C)CN)cc1[N+](=O)[O-].Cl. The fourth-order valence-electron chi connectivity index (χ4n) is 1.34. The van der Waals surface area contributed by atoms with Crippen LogP contribution in [0, 0.1) is 10.1 Å². The van der Waals surface area contributed by atoms with Gasteiger partial charge in [-0.3, -0.25) is 14.9 Å². The van der Waals surface area contributed by atoms with Gasteiger partial charge in [0.25, 0.3) is 11.6 Å². The molecule has 0 fully saturated rings. The standard InChI is InChI=1S/C11H15N3O3S.ClH/c1-7(6-12)13-11(15)8-3-4-10(18-2)9(5-8)14(16)17;/h3-5,7H,6,12H2,1-2H3,(H,13,15);1H/t7-;/m0./s1. The molecule has 3 N–H and O–H groups in total. The molecule has 0 saturated carbocycles. The number of rotatable bonds is 5. The Morgan fingerprint density at radius 2 is 2.21 bits per heavy atom. The number of carbonyl (C=O) groups is 1. The topological polar surface area (TPSA) is 98.3 Å². The predicted molar refractivity (Wildman–Crippen MR) is 78.1 cm³/mol. The van der Waals surface area contributed by atoms with E-state index in [0.29, 0.717) is 11.4 Å². The van der Waals surface area contributed by atoms with Crippen LogP contribution >= 0.6 is 24.2 Å². The molecule has 1 amide bonds. The van der Waals surface area contributed by atoms with Crippen molar-refractivity contribution in [1.29, 1.82) is 0 Å². The molecular weight excluding hydrogens is 290 g/mol. The normalized spacial score (nSPS) is 11.3. The van der Waals surface area contributed by atoms with Gasteiger partial charge in [0, 0.05) is 24.2 Å². The zero-order valence-corrected chi connectivity index (χ0v) is 12.2. The van der Waals surface area contributed by atoms with Crippen molar-refractivity contribution < 1.29 is 9.72 Å². The van der Waals surface area contributed by atoms with Gasteiger partial charge in [0.15, 0.2) is 0 Å². The molecular formula is C11H16ClN3O3S. The van der Waals surface area contributed by atoms with E-state index in [2.05, 4.69) is 5.32 Å². The van der Waals surface area contributed by atoms with Crippen LogP contribution in [0.3, 0.4) is 0 Å². The van der Waals surface area contributed by atoms with Crippen molar-refractivity contribution in [3.8, 4) is 0 Å². The Labute approximate surface area is 121 Å². The molecule has 0 saturated heterocycles. The molecule has 1 atom stereocenters. The molecule has 1 rings (SSSR count). The number of amides is 1. The van der Waals surface area contributed by atoms with E-state index in [9.17, 15) is 14.9 Å². The summed E-state index contributed by atoms with van der Waals surface area (Å²) in [5, 5.41) is 13.5. The van der Waals surface area contributed by atoms with Crippen molar-refractivity contribution in [2.24, 2.45) is 5.73 Å². The molecule has 6 nitrogen and oxygen atoms in total. The number of benzene rings is 1. The van der Waals surface area contributed by atoms with Gasteiger partial charge in [0.1, 0.15) is 0 Å². The highest BCUT2D eigenvalue weighted by Crippen LogP contribution is 2.28. The largest absolute Gasteiger partial charge is 0.348 e. The van der Waals surface area contributed by atoms with Gasteiger partial charge in [-0.2, -0.15) is 0 Å². The van der Waals surface area contributed by atoms with Crippen molar-refractivity contribution in [3.63, 3.8) is 0 Å². The third kappa shape index (κ3) is 4.70. The van der Waals surface area contributed by atoms with Crippen LogP contribution < -0.4 is 11.1 Å². The Balaban J connectivity index is 0.00000324. The number of nitrogens with one attached hydrogen (secondary N) is 1. The molecule has 0 spiro atoms. The molecule has 0 aromatic heterocycles. The fraction of sp³-hybridized carbons (Fsp3) is 0.364. The lowest BCUT2D eigenvalue weighted by Crippen LogP contribution is -2.37. The number of carbonyl (C=O) groups excluding carboxylic acids is 1. The number of nitrogens with zero attached hydrogens (tertiary/aromatic N) is 1. The van der Waals surface area contributed by atoms with Crippen molar-refractivity contribution in [2.45, 2.75) is 17.9 Å². The Morgan fingerprint density at radius 1 is 1.58 bits per heavy atom. The van der Waals surface area contributed by atoms with E-state index in [1.54, 1.807) is 25.3 Å². The molecule has 0 bridgehead atoms. The summed E-state index contributed by atoms with van der Waals surface area (Å²) in [6, 6.07) is 4.25. The van der Waals surface area contributed by atoms with Gasteiger partial charge in [-0.1, -0.05) is 0 Å². The number of nitro benzene ring substituents is 1. The number of nitro groups is 1. The maximum Gasteiger partial charge on any atom is 0.283 e. The Kier molecular flexibility index (Phi) is 7.43. The van der Waals surface area contributed by atoms with E-state index in [1.807, 2.05) is 0 Å². The van der Waals surface area contributed by atoms with Crippen LogP contribution in [0.25, 0.3) is 0 Å². The highest BCUT2D eigenvalue weighted by atomic mass is 35.5. The Morgan fingerprint density at radius 3 is 2.68 bits per heavy atom.